The van der Waals surface area contributed by atoms with E-state index in [2.05, 4.69) is 37.5 Å². The first-order valence-corrected chi connectivity index (χ1v) is 6.73. The van der Waals surface area contributed by atoms with Crippen molar-refractivity contribution in [1.29, 1.82) is 0 Å². The standard InChI is InChI=1S/C7H15N.C6H15N/c1-2-8-6-4-3-5-7-8;1-4-7(5-2)6-3/h2-7H2,1H3;4-6H2,1-3H3. The van der Waals surface area contributed by atoms with Crippen molar-refractivity contribution in [2.75, 3.05) is 39.3 Å². The Morgan fingerprint density at radius 1 is 0.800 bits per heavy atom. The van der Waals surface area contributed by atoms with Crippen LogP contribution in [0.1, 0.15) is 47.0 Å². The molecule has 0 aromatic rings. The minimum atomic E-state index is 1.19. The molecular formula is C13H30N2. The van der Waals surface area contributed by atoms with Crippen LogP contribution in [-0.4, -0.2) is 49.1 Å². The predicted octanol–water partition coefficient (Wildman–Crippen LogP) is 2.84. The van der Waals surface area contributed by atoms with Gasteiger partial charge in [0.2, 0.25) is 0 Å². The molecule has 2 nitrogen and oxygen atoms in total. The van der Waals surface area contributed by atoms with Gasteiger partial charge in [-0.1, -0.05) is 34.1 Å². The summed E-state index contributed by atoms with van der Waals surface area (Å²) in [5.74, 6) is 0. The quantitative estimate of drug-likeness (QED) is 0.710. The first-order chi connectivity index (χ1) is 7.28. The summed E-state index contributed by atoms with van der Waals surface area (Å²) < 4.78 is 0. The highest BCUT2D eigenvalue weighted by molar-refractivity contribution is 4.61. The van der Waals surface area contributed by atoms with Crippen LogP contribution in [-0.2, 0) is 0 Å². The van der Waals surface area contributed by atoms with Gasteiger partial charge in [0, 0.05) is 0 Å². The van der Waals surface area contributed by atoms with E-state index in [-0.39, 0.29) is 0 Å². The molecule has 1 fully saturated rings. The Kier molecular flexibility index (Phi) is 10.4. The molecule has 0 aliphatic carbocycles. The molecule has 1 rings (SSSR count). The van der Waals surface area contributed by atoms with Crippen molar-refractivity contribution in [2.24, 2.45) is 0 Å². The lowest BCUT2D eigenvalue weighted by Gasteiger charge is -2.24. The maximum Gasteiger partial charge on any atom is -0.00188 e. The zero-order valence-corrected chi connectivity index (χ0v) is 11.3. The first-order valence-electron chi connectivity index (χ1n) is 6.73. The number of piperidine rings is 1. The van der Waals surface area contributed by atoms with Gasteiger partial charge in [-0.3, -0.25) is 0 Å². The van der Waals surface area contributed by atoms with E-state index >= 15 is 0 Å². The van der Waals surface area contributed by atoms with Gasteiger partial charge in [-0.15, -0.1) is 0 Å². The van der Waals surface area contributed by atoms with Crippen molar-refractivity contribution >= 4 is 0 Å². The zero-order chi connectivity index (χ0) is 11.5. The Bertz CT molecular complexity index is 110. The lowest BCUT2D eigenvalue weighted by atomic mass is 10.1. The largest absolute Gasteiger partial charge is 0.304 e. The molecule has 1 aliphatic rings. The molecule has 0 aromatic carbocycles. The van der Waals surface area contributed by atoms with Crippen molar-refractivity contribution in [3.63, 3.8) is 0 Å². The molecule has 1 saturated heterocycles. The third kappa shape index (κ3) is 7.80. The summed E-state index contributed by atoms with van der Waals surface area (Å²) in [4.78, 5) is 4.89. The highest BCUT2D eigenvalue weighted by atomic mass is 15.1. The number of rotatable bonds is 4. The van der Waals surface area contributed by atoms with Crippen LogP contribution >= 0.6 is 0 Å². The number of hydrogen-bond donors (Lipinski definition) is 0. The molecule has 0 atom stereocenters. The fraction of sp³-hybridized carbons (Fsp3) is 1.00. The molecule has 0 saturated carbocycles. The molecule has 1 aliphatic heterocycles. The maximum absolute atomic E-state index is 2.52. The van der Waals surface area contributed by atoms with Gasteiger partial charge in [-0.2, -0.15) is 0 Å². The van der Waals surface area contributed by atoms with Gasteiger partial charge >= 0.3 is 0 Å². The number of likely N-dealkylation sites (tertiary alicyclic amines) is 1. The van der Waals surface area contributed by atoms with E-state index in [1.165, 1.54) is 58.5 Å². The Balaban J connectivity index is 0.000000265. The summed E-state index contributed by atoms with van der Waals surface area (Å²) in [6.07, 6.45) is 4.30. The Labute approximate surface area is 96.6 Å². The van der Waals surface area contributed by atoms with E-state index < -0.39 is 0 Å². The average molecular weight is 214 g/mol. The fourth-order valence-corrected chi connectivity index (χ4v) is 1.95. The molecule has 0 spiro atoms. The van der Waals surface area contributed by atoms with E-state index in [1.54, 1.807) is 0 Å². The predicted molar refractivity (Wildman–Crippen MR) is 69.4 cm³/mol. The molecule has 0 bridgehead atoms. The van der Waals surface area contributed by atoms with Crippen LogP contribution in [0.25, 0.3) is 0 Å². The Hall–Kier alpha value is -0.0800. The van der Waals surface area contributed by atoms with Crippen LogP contribution in [0.3, 0.4) is 0 Å². The summed E-state index contributed by atoms with van der Waals surface area (Å²) in [6.45, 7) is 16.3. The summed E-state index contributed by atoms with van der Waals surface area (Å²) in [5.41, 5.74) is 0. The molecular weight excluding hydrogens is 184 g/mol. The molecule has 0 radical (unpaired) electrons. The smallest absolute Gasteiger partial charge is 0.00188 e. The van der Waals surface area contributed by atoms with Gasteiger partial charge in [-0.25, -0.2) is 0 Å². The first kappa shape index (κ1) is 14.9. The van der Waals surface area contributed by atoms with Crippen molar-refractivity contribution in [1.82, 2.24) is 9.80 Å². The lowest BCUT2D eigenvalue weighted by molar-refractivity contribution is 0.240. The molecule has 1 heterocycles. The minimum Gasteiger partial charge on any atom is -0.304 e. The van der Waals surface area contributed by atoms with Crippen LogP contribution in [0.15, 0.2) is 0 Å². The third-order valence-corrected chi connectivity index (χ3v) is 3.24. The minimum absolute atomic E-state index is 1.19. The van der Waals surface area contributed by atoms with Crippen LogP contribution in [0.4, 0.5) is 0 Å². The molecule has 0 N–H and O–H groups in total. The Morgan fingerprint density at radius 2 is 1.27 bits per heavy atom. The van der Waals surface area contributed by atoms with Gasteiger partial charge in [-0.05, 0) is 52.1 Å². The summed E-state index contributed by atoms with van der Waals surface area (Å²) in [5, 5.41) is 0. The number of hydrogen-bond acceptors (Lipinski definition) is 2. The molecule has 2 heteroatoms. The molecule has 0 amide bonds. The average Bonchev–Trinajstić information content (AvgIpc) is 2.33. The van der Waals surface area contributed by atoms with Crippen molar-refractivity contribution in [3.8, 4) is 0 Å². The van der Waals surface area contributed by atoms with E-state index in [0.29, 0.717) is 0 Å². The van der Waals surface area contributed by atoms with Gasteiger partial charge < -0.3 is 9.80 Å². The lowest BCUT2D eigenvalue weighted by Crippen LogP contribution is -2.29. The van der Waals surface area contributed by atoms with Gasteiger partial charge in [0.15, 0.2) is 0 Å². The van der Waals surface area contributed by atoms with E-state index in [1.807, 2.05) is 0 Å². The summed E-state index contributed by atoms with van der Waals surface area (Å²) in [7, 11) is 0. The van der Waals surface area contributed by atoms with Crippen molar-refractivity contribution < 1.29 is 0 Å². The molecule has 0 aromatic heterocycles. The SMILES string of the molecule is CCN(CC)CC.CCN1CCCCC1. The molecule has 0 unspecified atom stereocenters. The van der Waals surface area contributed by atoms with Crippen LogP contribution in [0, 0.1) is 0 Å². The fourth-order valence-electron chi connectivity index (χ4n) is 1.95. The molecule has 15 heavy (non-hydrogen) atoms. The highest BCUT2D eigenvalue weighted by Crippen LogP contribution is 2.06. The van der Waals surface area contributed by atoms with E-state index in [4.69, 9.17) is 0 Å². The van der Waals surface area contributed by atoms with Gasteiger partial charge in [0.05, 0.1) is 0 Å². The summed E-state index contributed by atoms with van der Waals surface area (Å²) in [6, 6.07) is 0. The van der Waals surface area contributed by atoms with E-state index in [9.17, 15) is 0 Å². The second-order valence-corrected chi connectivity index (χ2v) is 4.11. The summed E-state index contributed by atoms with van der Waals surface area (Å²) >= 11 is 0. The van der Waals surface area contributed by atoms with Crippen molar-refractivity contribution in [2.45, 2.75) is 47.0 Å². The molecule has 92 valence electrons. The second kappa shape index (κ2) is 10.4. The van der Waals surface area contributed by atoms with Crippen molar-refractivity contribution in [3.05, 3.63) is 0 Å². The monoisotopic (exact) mass is 214 g/mol. The number of nitrogens with zero attached hydrogens (tertiary/aromatic N) is 2. The van der Waals surface area contributed by atoms with Crippen LogP contribution in [0.2, 0.25) is 0 Å². The van der Waals surface area contributed by atoms with Crippen LogP contribution in [0.5, 0.6) is 0 Å². The van der Waals surface area contributed by atoms with Gasteiger partial charge in [0.1, 0.15) is 0 Å². The second-order valence-electron chi connectivity index (χ2n) is 4.11. The Morgan fingerprint density at radius 3 is 1.47 bits per heavy atom. The maximum atomic E-state index is 2.52. The highest BCUT2D eigenvalue weighted by Gasteiger charge is 2.05. The normalized spacial score (nSPS) is 17.4. The van der Waals surface area contributed by atoms with E-state index in [0.717, 1.165) is 0 Å². The van der Waals surface area contributed by atoms with Gasteiger partial charge in [0.25, 0.3) is 0 Å². The topological polar surface area (TPSA) is 6.48 Å². The third-order valence-electron chi connectivity index (χ3n) is 3.24. The van der Waals surface area contributed by atoms with Crippen LogP contribution < -0.4 is 0 Å². The zero-order valence-electron chi connectivity index (χ0n) is 11.3.